The highest BCUT2D eigenvalue weighted by Crippen LogP contribution is 2.44. The summed E-state index contributed by atoms with van der Waals surface area (Å²) >= 11 is 3.53. The molecule has 0 aliphatic heterocycles. The van der Waals surface area contributed by atoms with Gasteiger partial charge in [-0.15, -0.1) is 0 Å². The monoisotopic (exact) mass is 346 g/mol. The highest BCUT2D eigenvalue weighted by atomic mass is 79.9. The van der Waals surface area contributed by atoms with Gasteiger partial charge in [0.05, 0.1) is 17.2 Å². The number of hydrogen-bond donors (Lipinski definition) is 1. The molecule has 2 aromatic carbocycles. The van der Waals surface area contributed by atoms with Crippen LogP contribution < -0.4 is 4.74 Å². The van der Waals surface area contributed by atoms with Gasteiger partial charge in [-0.3, -0.25) is 0 Å². The van der Waals surface area contributed by atoms with Gasteiger partial charge in [0.2, 0.25) is 0 Å². The van der Waals surface area contributed by atoms with Gasteiger partial charge in [0.25, 0.3) is 0 Å². The molecule has 0 saturated carbocycles. The Labute approximate surface area is 133 Å². The minimum absolute atomic E-state index is 0.204. The molecule has 0 bridgehead atoms. The van der Waals surface area contributed by atoms with Crippen LogP contribution in [0, 0.1) is 0 Å². The summed E-state index contributed by atoms with van der Waals surface area (Å²) in [4.78, 5) is 0. The number of rotatable bonds is 5. The number of fused-ring (bicyclic) bond motifs is 1. The van der Waals surface area contributed by atoms with Crippen LogP contribution in [0.5, 0.6) is 5.75 Å². The first kappa shape index (κ1) is 14.6. The minimum atomic E-state index is -0.462. The largest absolute Gasteiger partial charge is 0.492 e. The molecular weight excluding hydrogens is 328 g/mol. The Hall–Kier alpha value is -1.32. The van der Waals surface area contributed by atoms with E-state index in [1.54, 1.807) is 0 Å². The summed E-state index contributed by atoms with van der Waals surface area (Å²) in [5.41, 5.74) is 3.56. The Morgan fingerprint density at radius 3 is 2.81 bits per heavy atom. The van der Waals surface area contributed by atoms with Crippen molar-refractivity contribution in [2.45, 2.75) is 31.8 Å². The van der Waals surface area contributed by atoms with E-state index in [2.05, 4.69) is 41.1 Å². The van der Waals surface area contributed by atoms with E-state index < -0.39 is 6.10 Å². The average molecular weight is 347 g/mol. The molecule has 1 aliphatic carbocycles. The number of aliphatic hydroxyl groups is 1. The van der Waals surface area contributed by atoms with Crippen LogP contribution in [0.2, 0.25) is 0 Å². The van der Waals surface area contributed by atoms with Crippen molar-refractivity contribution in [3.63, 3.8) is 0 Å². The van der Waals surface area contributed by atoms with Gasteiger partial charge in [-0.05, 0) is 57.6 Å². The molecule has 1 N–H and O–H groups in total. The summed E-state index contributed by atoms with van der Waals surface area (Å²) in [6.45, 7) is 2.79. The zero-order valence-electron chi connectivity index (χ0n) is 12.1. The molecule has 2 nitrogen and oxygen atoms in total. The Bertz CT molecular complexity index is 639. The molecule has 0 fully saturated rings. The number of hydrogen-bond acceptors (Lipinski definition) is 2. The number of halogens is 1. The molecule has 3 rings (SSSR count). The van der Waals surface area contributed by atoms with Crippen molar-refractivity contribution in [2.75, 3.05) is 6.61 Å². The van der Waals surface area contributed by atoms with Crippen molar-refractivity contribution in [2.24, 2.45) is 0 Å². The predicted molar refractivity (Wildman–Crippen MR) is 87.8 cm³/mol. The Morgan fingerprint density at radius 1 is 1.29 bits per heavy atom. The maximum absolute atomic E-state index is 10.6. The van der Waals surface area contributed by atoms with E-state index in [-0.39, 0.29) is 5.92 Å². The summed E-state index contributed by atoms with van der Waals surface area (Å²) in [7, 11) is 0. The van der Waals surface area contributed by atoms with Crippen LogP contribution in [0.3, 0.4) is 0 Å². The van der Waals surface area contributed by atoms with Gasteiger partial charge in [0, 0.05) is 5.92 Å². The van der Waals surface area contributed by atoms with E-state index in [0.717, 1.165) is 28.6 Å². The van der Waals surface area contributed by atoms with Crippen LogP contribution in [0.15, 0.2) is 46.9 Å². The number of aliphatic hydroxyl groups excluding tert-OH is 1. The fraction of sp³-hybridized carbons (Fsp3) is 0.333. The first-order valence-corrected chi connectivity index (χ1v) is 8.18. The summed E-state index contributed by atoms with van der Waals surface area (Å²) in [6.07, 6.45) is 1.47. The lowest BCUT2D eigenvalue weighted by molar-refractivity contribution is 0.134. The molecule has 1 aliphatic rings. The summed E-state index contributed by atoms with van der Waals surface area (Å²) in [6, 6.07) is 14.2. The highest BCUT2D eigenvalue weighted by molar-refractivity contribution is 9.10. The third kappa shape index (κ3) is 2.85. The number of benzene rings is 2. The van der Waals surface area contributed by atoms with E-state index in [4.69, 9.17) is 4.74 Å². The maximum atomic E-state index is 10.6. The molecular formula is C18H19BrO2. The topological polar surface area (TPSA) is 29.5 Å². The summed E-state index contributed by atoms with van der Waals surface area (Å²) in [5, 5.41) is 10.6. The lowest BCUT2D eigenvalue weighted by atomic mass is 9.73. The van der Waals surface area contributed by atoms with Crippen molar-refractivity contribution >= 4 is 15.9 Å². The molecule has 0 saturated heterocycles. The molecule has 0 spiro atoms. The zero-order valence-corrected chi connectivity index (χ0v) is 13.6. The Balaban J connectivity index is 1.77. The summed E-state index contributed by atoms with van der Waals surface area (Å²) in [5.74, 6) is 1.04. The molecule has 0 radical (unpaired) electrons. The normalized spacial score (nSPS) is 17.8. The standard InChI is InChI=1S/C18H19BrO2/c1-2-9-21-17-8-7-13(11-16(17)19)18(20)15-10-12-5-3-4-6-14(12)15/h3-8,11,15,18,20H,2,9-10H2,1H3. The van der Waals surface area contributed by atoms with Crippen molar-refractivity contribution in [3.05, 3.63) is 63.6 Å². The second kappa shape index (κ2) is 6.20. The second-order valence-electron chi connectivity index (χ2n) is 5.49. The van der Waals surface area contributed by atoms with E-state index in [1.807, 2.05) is 24.3 Å². The van der Waals surface area contributed by atoms with Gasteiger partial charge in [-0.2, -0.15) is 0 Å². The van der Waals surface area contributed by atoms with E-state index in [0.29, 0.717) is 6.61 Å². The molecule has 0 heterocycles. The van der Waals surface area contributed by atoms with Crippen molar-refractivity contribution in [3.8, 4) is 5.75 Å². The van der Waals surface area contributed by atoms with Gasteiger partial charge in [-0.25, -0.2) is 0 Å². The molecule has 110 valence electrons. The highest BCUT2D eigenvalue weighted by Gasteiger charge is 2.32. The van der Waals surface area contributed by atoms with Crippen LogP contribution in [0.1, 0.15) is 42.1 Å². The lowest BCUT2D eigenvalue weighted by Gasteiger charge is -2.34. The van der Waals surface area contributed by atoms with Gasteiger partial charge >= 0.3 is 0 Å². The molecule has 2 unspecified atom stereocenters. The van der Waals surface area contributed by atoms with E-state index >= 15 is 0 Å². The van der Waals surface area contributed by atoms with Crippen molar-refractivity contribution in [1.82, 2.24) is 0 Å². The average Bonchev–Trinajstić information content (AvgIpc) is 2.47. The van der Waals surface area contributed by atoms with Gasteiger partial charge < -0.3 is 9.84 Å². The van der Waals surface area contributed by atoms with E-state index in [9.17, 15) is 5.11 Å². The van der Waals surface area contributed by atoms with Crippen LogP contribution in [-0.2, 0) is 6.42 Å². The fourth-order valence-corrected chi connectivity index (χ4v) is 3.35. The minimum Gasteiger partial charge on any atom is -0.492 e. The molecule has 2 aromatic rings. The van der Waals surface area contributed by atoms with Crippen LogP contribution in [0.25, 0.3) is 0 Å². The third-order valence-corrected chi connectivity index (χ3v) is 4.65. The third-order valence-electron chi connectivity index (χ3n) is 4.03. The molecule has 0 aromatic heterocycles. The van der Waals surface area contributed by atoms with Crippen molar-refractivity contribution < 1.29 is 9.84 Å². The summed E-state index contributed by atoms with van der Waals surface area (Å²) < 4.78 is 6.55. The van der Waals surface area contributed by atoms with Gasteiger partial charge in [-0.1, -0.05) is 37.3 Å². The smallest absolute Gasteiger partial charge is 0.133 e. The second-order valence-corrected chi connectivity index (χ2v) is 6.35. The van der Waals surface area contributed by atoms with Gasteiger partial charge in [0.15, 0.2) is 0 Å². The Morgan fingerprint density at radius 2 is 2.10 bits per heavy atom. The maximum Gasteiger partial charge on any atom is 0.133 e. The fourth-order valence-electron chi connectivity index (χ4n) is 2.84. The molecule has 3 heteroatoms. The molecule has 2 atom stereocenters. The van der Waals surface area contributed by atoms with Crippen LogP contribution in [0.4, 0.5) is 0 Å². The first-order chi connectivity index (χ1) is 10.2. The van der Waals surface area contributed by atoms with E-state index in [1.165, 1.54) is 11.1 Å². The Kier molecular flexibility index (Phi) is 4.32. The molecule has 0 amide bonds. The lowest BCUT2D eigenvalue weighted by Crippen LogP contribution is -2.23. The molecule has 21 heavy (non-hydrogen) atoms. The zero-order chi connectivity index (χ0) is 14.8. The quantitative estimate of drug-likeness (QED) is 0.856. The van der Waals surface area contributed by atoms with Crippen LogP contribution >= 0.6 is 15.9 Å². The number of ether oxygens (including phenoxy) is 1. The van der Waals surface area contributed by atoms with Crippen molar-refractivity contribution in [1.29, 1.82) is 0 Å². The predicted octanol–water partition coefficient (Wildman–Crippen LogP) is 4.61. The van der Waals surface area contributed by atoms with Gasteiger partial charge in [0.1, 0.15) is 5.75 Å². The SMILES string of the molecule is CCCOc1ccc(C(O)C2Cc3ccccc32)cc1Br. The van der Waals surface area contributed by atoms with Crippen LogP contribution in [-0.4, -0.2) is 11.7 Å². The first-order valence-electron chi connectivity index (χ1n) is 7.38.